The first-order valence-corrected chi connectivity index (χ1v) is 6.85. The summed E-state index contributed by atoms with van der Waals surface area (Å²) in [7, 11) is -4.10. The van der Waals surface area contributed by atoms with Crippen LogP contribution in [0.5, 0.6) is 0 Å². The van der Waals surface area contributed by atoms with E-state index in [1.54, 1.807) is 6.07 Å². The Kier molecular flexibility index (Phi) is 4.10. The lowest BCUT2D eigenvalue weighted by atomic mass is 9.98. The second-order valence-electron chi connectivity index (χ2n) is 4.30. The number of hydrogen-bond acceptors (Lipinski definition) is 2. The summed E-state index contributed by atoms with van der Waals surface area (Å²) in [6.07, 6.45) is 1.66. The van der Waals surface area contributed by atoms with Gasteiger partial charge in [0.2, 0.25) is 0 Å². The predicted octanol–water partition coefficient (Wildman–Crippen LogP) is 2.83. The maximum atomic E-state index is 11.2. The van der Waals surface area contributed by atoms with Gasteiger partial charge < -0.3 is 0 Å². The Balaban J connectivity index is 3.19. The molecule has 3 nitrogen and oxygen atoms in total. The van der Waals surface area contributed by atoms with E-state index in [0.717, 1.165) is 12.0 Å². The van der Waals surface area contributed by atoms with Crippen LogP contribution in [0.2, 0.25) is 0 Å². The monoisotopic (exact) mass is 242 g/mol. The van der Waals surface area contributed by atoms with Crippen molar-refractivity contribution in [2.75, 3.05) is 0 Å². The van der Waals surface area contributed by atoms with Crippen molar-refractivity contribution in [2.24, 2.45) is 5.92 Å². The molecule has 0 fully saturated rings. The largest absolute Gasteiger partial charge is 0.294 e. The molecule has 1 aromatic carbocycles. The van der Waals surface area contributed by atoms with Crippen LogP contribution >= 0.6 is 0 Å². The quantitative estimate of drug-likeness (QED) is 0.826. The molecule has 0 saturated carbocycles. The van der Waals surface area contributed by atoms with E-state index in [4.69, 9.17) is 4.55 Å². The van der Waals surface area contributed by atoms with Crippen molar-refractivity contribution < 1.29 is 13.0 Å². The third-order valence-electron chi connectivity index (χ3n) is 2.76. The third-order valence-corrected chi connectivity index (χ3v) is 3.71. The first-order chi connectivity index (χ1) is 7.34. The lowest BCUT2D eigenvalue weighted by Gasteiger charge is -2.12. The van der Waals surface area contributed by atoms with Crippen molar-refractivity contribution in [3.8, 4) is 0 Å². The Morgan fingerprint density at radius 1 is 1.38 bits per heavy atom. The Morgan fingerprint density at radius 3 is 2.50 bits per heavy atom. The van der Waals surface area contributed by atoms with Crippen LogP contribution in [0.1, 0.15) is 31.4 Å². The van der Waals surface area contributed by atoms with Gasteiger partial charge in [0.05, 0.1) is 4.90 Å². The van der Waals surface area contributed by atoms with Crippen molar-refractivity contribution in [1.82, 2.24) is 0 Å². The first-order valence-electron chi connectivity index (χ1n) is 5.41. The first kappa shape index (κ1) is 13.2. The molecule has 1 N–H and O–H groups in total. The molecular formula is C12H18O3S. The lowest BCUT2D eigenvalue weighted by molar-refractivity contribution is 0.479. The third kappa shape index (κ3) is 3.32. The molecule has 90 valence electrons. The standard InChI is InChI=1S/C12H18O3S/c1-4-9(2)7-11-8-10(3)5-6-12(11)16(13,14)15/h5-6,8-9H,4,7H2,1-3H3,(H,13,14,15). The molecule has 0 aliphatic heterocycles. The number of rotatable bonds is 4. The van der Waals surface area contributed by atoms with Crippen molar-refractivity contribution in [3.05, 3.63) is 29.3 Å². The molecule has 1 unspecified atom stereocenters. The van der Waals surface area contributed by atoms with Gasteiger partial charge in [0.15, 0.2) is 0 Å². The van der Waals surface area contributed by atoms with Gasteiger partial charge in [-0.3, -0.25) is 4.55 Å². The summed E-state index contributed by atoms with van der Waals surface area (Å²) in [4.78, 5) is 0.0402. The van der Waals surface area contributed by atoms with Crippen molar-refractivity contribution in [2.45, 2.75) is 38.5 Å². The van der Waals surface area contributed by atoms with Gasteiger partial charge in [-0.25, -0.2) is 0 Å². The molecule has 0 radical (unpaired) electrons. The van der Waals surface area contributed by atoms with E-state index in [9.17, 15) is 8.42 Å². The minimum absolute atomic E-state index is 0.0402. The van der Waals surface area contributed by atoms with Crippen LogP contribution in [0.3, 0.4) is 0 Å². The highest BCUT2D eigenvalue weighted by Gasteiger charge is 2.16. The highest BCUT2D eigenvalue weighted by atomic mass is 32.2. The summed E-state index contributed by atoms with van der Waals surface area (Å²) in [6, 6.07) is 5.00. The molecule has 1 atom stereocenters. The second-order valence-corrected chi connectivity index (χ2v) is 5.69. The summed E-state index contributed by atoms with van der Waals surface area (Å²) in [5.74, 6) is 0.405. The lowest BCUT2D eigenvalue weighted by Crippen LogP contribution is -2.07. The fourth-order valence-corrected chi connectivity index (χ4v) is 2.35. The van der Waals surface area contributed by atoms with Crippen LogP contribution in [0.15, 0.2) is 23.1 Å². The molecule has 0 spiro atoms. The van der Waals surface area contributed by atoms with Crippen molar-refractivity contribution in [3.63, 3.8) is 0 Å². The molecular weight excluding hydrogens is 224 g/mol. The molecule has 0 amide bonds. The van der Waals surface area contributed by atoms with Crippen LogP contribution < -0.4 is 0 Å². The molecule has 0 aromatic heterocycles. The average molecular weight is 242 g/mol. The molecule has 0 saturated heterocycles. The van der Waals surface area contributed by atoms with Gasteiger partial charge in [0.25, 0.3) is 10.1 Å². The van der Waals surface area contributed by atoms with Crippen LogP contribution in [0.4, 0.5) is 0 Å². The molecule has 0 bridgehead atoms. The molecule has 0 heterocycles. The Morgan fingerprint density at radius 2 is 2.00 bits per heavy atom. The minimum atomic E-state index is -4.10. The Labute approximate surface area is 97.2 Å². The average Bonchev–Trinajstić information content (AvgIpc) is 2.15. The minimum Gasteiger partial charge on any atom is -0.282 e. The zero-order chi connectivity index (χ0) is 12.3. The fraction of sp³-hybridized carbons (Fsp3) is 0.500. The van der Waals surface area contributed by atoms with Gasteiger partial charge >= 0.3 is 0 Å². The highest BCUT2D eigenvalue weighted by Crippen LogP contribution is 2.21. The summed E-state index contributed by atoms with van der Waals surface area (Å²) in [5, 5.41) is 0. The normalized spacial score (nSPS) is 13.8. The fourth-order valence-electron chi connectivity index (χ4n) is 1.64. The molecule has 16 heavy (non-hydrogen) atoms. The summed E-state index contributed by atoms with van der Waals surface area (Å²) in [5.41, 5.74) is 1.71. The van der Waals surface area contributed by atoms with E-state index in [-0.39, 0.29) is 4.90 Å². The molecule has 1 aromatic rings. The van der Waals surface area contributed by atoms with Gasteiger partial charge in [-0.2, -0.15) is 8.42 Å². The van der Waals surface area contributed by atoms with E-state index in [2.05, 4.69) is 13.8 Å². The molecule has 0 aliphatic rings. The summed E-state index contributed by atoms with van der Waals surface area (Å²) >= 11 is 0. The maximum Gasteiger partial charge on any atom is 0.294 e. The maximum absolute atomic E-state index is 11.2. The van der Waals surface area contributed by atoms with Crippen LogP contribution in [0, 0.1) is 12.8 Å². The van der Waals surface area contributed by atoms with E-state index < -0.39 is 10.1 Å². The van der Waals surface area contributed by atoms with Gasteiger partial charge in [-0.05, 0) is 30.9 Å². The SMILES string of the molecule is CCC(C)Cc1cc(C)ccc1S(=O)(=O)O. The predicted molar refractivity (Wildman–Crippen MR) is 64.2 cm³/mol. The summed E-state index contributed by atoms with van der Waals surface area (Å²) < 4.78 is 31.5. The topological polar surface area (TPSA) is 54.4 Å². The number of aryl methyl sites for hydroxylation is 1. The van der Waals surface area contributed by atoms with Crippen molar-refractivity contribution in [1.29, 1.82) is 0 Å². The van der Waals surface area contributed by atoms with Gasteiger partial charge in [0.1, 0.15) is 0 Å². The molecule has 0 aliphatic carbocycles. The zero-order valence-corrected chi connectivity index (χ0v) is 10.7. The smallest absolute Gasteiger partial charge is 0.282 e. The number of hydrogen-bond donors (Lipinski definition) is 1. The van der Waals surface area contributed by atoms with E-state index in [1.165, 1.54) is 6.07 Å². The zero-order valence-electron chi connectivity index (χ0n) is 9.90. The van der Waals surface area contributed by atoms with Gasteiger partial charge in [-0.15, -0.1) is 0 Å². The van der Waals surface area contributed by atoms with Crippen LogP contribution in [-0.4, -0.2) is 13.0 Å². The Hall–Kier alpha value is -0.870. The van der Waals surface area contributed by atoms with Crippen LogP contribution in [0.25, 0.3) is 0 Å². The highest BCUT2D eigenvalue weighted by molar-refractivity contribution is 7.85. The van der Waals surface area contributed by atoms with Gasteiger partial charge in [-0.1, -0.05) is 38.0 Å². The molecule has 4 heteroatoms. The van der Waals surface area contributed by atoms with E-state index >= 15 is 0 Å². The number of benzene rings is 1. The van der Waals surface area contributed by atoms with Crippen molar-refractivity contribution >= 4 is 10.1 Å². The summed E-state index contributed by atoms with van der Waals surface area (Å²) in [6.45, 7) is 6.04. The Bertz CT molecular complexity index is 463. The molecule has 1 rings (SSSR count). The van der Waals surface area contributed by atoms with E-state index in [1.807, 2.05) is 13.0 Å². The van der Waals surface area contributed by atoms with E-state index in [0.29, 0.717) is 17.9 Å². The van der Waals surface area contributed by atoms with Crippen LogP contribution in [-0.2, 0) is 16.5 Å². The van der Waals surface area contributed by atoms with Gasteiger partial charge in [0, 0.05) is 0 Å². The second kappa shape index (κ2) is 4.97.